The van der Waals surface area contributed by atoms with Gasteiger partial charge in [-0.1, -0.05) is 53.5 Å². The summed E-state index contributed by atoms with van der Waals surface area (Å²) in [4.78, 5) is 19.3. The van der Waals surface area contributed by atoms with Gasteiger partial charge >= 0.3 is 6.09 Å². The number of aromatic nitrogens is 3. The van der Waals surface area contributed by atoms with Crippen molar-refractivity contribution in [3.8, 4) is 28.5 Å². The van der Waals surface area contributed by atoms with Crippen molar-refractivity contribution in [2.45, 2.75) is 109 Å². The van der Waals surface area contributed by atoms with Crippen LogP contribution in [-0.4, -0.2) is 66.4 Å². The Labute approximate surface area is 312 Å². The number of rotatable bonds is 9. The van der Waals surface area contributed by atoms with E-state index in [-0.39, 0.29) is 47.9 Å². The highest BCUT2D eigenvalue weighted by Crippen LogP contribution is 2.59. The van der Waals surface area contributed by atoms with Crippen molar-refractivity contribution >= 4 is 35.8 Å². The first-order valence-corrected chi connectivity index (χ1v) is 21.3. The molecule has 0 spiro atoms. The number of amides is 1. The van der Waals surface area contributed by atoms with E-state index in [4.69, 9.17) is 24.3 Å². The number of halogens is 2. The van der Waals surface area contributed by atoms with E-state index in [1.807, 2.05) is 31.5 Å². The van der Waals surface area contributed by atoms with E-state index in [0.717, 1.165) is 18.5 Å². The predicted octanol–water partition coefficient (Wildman–Crippen LogP) is 10.00. The third kappa shape index (κ3) is 6.60. The van der Waals surface area contributed by atoms with Crippen LogP contribution in [0.5, 0.6) is 5.75 Å². The molecule has 2 aromatic heterocycles. The number of hydrogen-bond donors (Lipinski definition) is 0. The lowest BCUT2D eigenvalue weighted by Crippen LogP contribution is -2.43. The van der Waals surface area contributed by atoms with Crippen LogP contribution in [0.3, 0.4) is 0 Å². The van der Waals surface area contributed by atoms with Crippen LogP contribution in [0.4, 0.5) is 13.6 Å². The molecule has 0 N–H and O–H groups in total. The van der Waals surface area contributed by atoms with E-state index in [2.05, 4.69) is 53.0 Å². The molecule has 4 aromatic rings. The Kier molecular flexibility index (Phi) is 9.63. The van der Waals surface area contributed by atoms with Crippen LogP contribution >= 0.6 is 0 Å². The number of carbonyl (C=O) groups excluding carboxylic acids is 1. The highest BCUT2D eigenvalue weighted by Gasteiger charge is 2.59. The third-order valence-electron chi connectivity index (χ3n) is 11.7. The second-order valence-corrected chi connectivity index (χ2v) is 22.8. The number of carbonyl (C=O) groups is 1. The van der Waals surface area contributed by atoms with Gasteiger partial charge < -0.3 is 19.1 Å². The molecular formula is C42H52F2N4O4Si. The molecule has 0 bridgehead atoms. The molecule has 2 aromatic carbocycles. The second kappa shape index (κ2) is 13.7. The van der Waals surface area contributed by atoms with E-state index in [9.17, 15) is 4.79 Å². The number of piperidine rings is 1. The molecule has 3 aliphatic rings. The largest absolute Gasteiger partial charge is 0.468 e. The van der Waals surface area contributed by atoms with Crippen molar-refractivity contribution < 1.29 is 27.8 Å². The van der Waals surface area contributed by atoms with Crippen LogP contribution in [0.2, 0.25) is 16.6 Å². The smallest absolute Gasteiger partial charge is 0.410 e. The van der Waals surface area contributed by atoms with E-state index >= 15 is 8.78 Å². The molecule has 0 radical (unpaired) electrons. The number of pyridine rings is 1. The van der Waals surface area contributed by atoms with Crippen molar-refractivity contribution in [2.24, 2.45) is 11.8 Å². The average molecular weight is 743 g/mol. The topological polar surface area (TPSA) is 78.7 Å². The summed E-state index contributed by atoms with van der Waals surface area (Å²) in [5.74, 6) is 3.42. The molecule has 1 unspecified atom stereocenters. The molecule has 3 heterocycles. The Morgan fingerprint density at radius 2 is 1.68 bits per heavy atom. The summed E-state index contributed by atoms with van der Waals surface area (Å²) in [7, 11) is -0.703. The lowest BCUT2D eigenvalue weighted by atomic mass is 9.95. The van der Waals surface area contributed by atoms with Gasteiger partial charge in [0.1, 0.15) is 36.5 Å². The minimum Gasteiger partial charge on any atom is -0.468 e. The zero-order valence-corrected chi connectivity index (χ0v) is 33.6. The van der Waals surface area contributed by atoms with Crippen molar-refractivity contribution in [3.05, 3.63) is 53.4 Å². The monoisotopic (exact) mass is 742 g/mol. The lowest BCUT2D eigenvalue weighted by molar-refractivity contribution is 0.0270. The molecule has 1 aliphatic heterocycles. The predicted molar refractivity (Wildman–Crippen MR) is 207 cm³/mol. The SMILES string of the molecule is COCOc1cc(-c2ncc3c(C4[C@H]5CN(C(=O)OC(C)(C)C)C[C@@H]45)nn(C4CC4)c3c2F)c2c(C#C[Si](C(C)C)(C(C)C)C(C)C)c(F)ccc2c1. The minimum absolute atomic E-state index is 0.00801. The number of nitrogens with zero attached hydrogens (tertiary/aromatic N) is 4. The minimum atomic E-state index is -2.24. The van der Waals surface area contributed by atoms with Crippen LogP contribution < -0.4 is 4.74 Å². The van der Waals surface area contributed by atoms with E-state index in [1.165, 1.54) is 13.2 Å². The summed E-state index contributed by atoms with van der Waals surface area (Å²) in [5.41, 5.74) is 6.17. The third-order valence-corrected chi connectivity index (χ3v) is 18.0. The molecule has 2 saturated carbocycles. The van der Waals surface area contributed by atoms with Gasteiger partial charge in [-0.3, -0.25) is 9.67 Å². The summed E-state index contributed by atoms with van der Waals surface area (Å²) in [6, 6.07) is 6.75. The maximum absolute atomic E-state index is 17.4. The van der Waals surface area contributed by atoms with Gasteiger partial charge in [0.15, 0.2) is 12.6 Å². The van der Waals surface area contributed by atoms with Crippen LogP contribution in [0.1, 0.15) is 98.4 Å². The van der Waals surface area contributed by atoms with Gasteiger partial charge in [-0.15, -0.1) is 5.54 Å². The van der Waals surface area contributed by atoms with Crippen molar-refractivity contribution in [1.82, 2.24) is 19.7 Å². The Morgan fingerprint density at radius 1 is 1.02 bits per heavy atom. The molecule has 7 rings (SSSR count). The quantitative estimate of drug-likeness (QED) is 0.0966. The molecule has 53 heavy (non-hydrogen) atoms. The van der Waals surface area contributed by atoms with Crippen molar-refractivity contribution in [1.29, 1.82) is 0 Å². The number of likely N-dealkylation sites (tertiary alicyclic amines) is 1. The maximum Gasteiger partial charge on any atom is 0.410 e. The Bertz CT molecular complexity index is 2110. The van der Waals surface area contributed by atoms with Gasteiger partial charge in [0, 0.05) is 48.6 Å². The fraction of sp³-hybridized carbons (Fsp3) is 0.548. The fourth-order valence-electron chi connectivity index (χ4n) is 9.07. The highest BCUT2D eigenvalue weighted by molar-refractivity contribution is 6.90. The first-order valence-electron chi connectivity index (χ1n) is 19.0. The zero-order chi connectivity index (χ0) is 38.1. The number of methoxy groups -OCH3 is 1. The lowest BCUT2D eigenvalue weighted by Gasteiger charge is -2.38. The summed E-state index contributed by atoms with van der Waals surface area (Å²) in [6.45, 7) is 20.1. The Morgan fingerprint density at radius 3 is 2.26 bits per heavy atom. The number of ether oxygens (including phenoxy) is 3. The summed E-state index contributed by atoms with van der Waals surface area (Å²) >= 11 is 0. The van der Waals surface area contributed by atoms with Crippen molar-refractivity contribution in [2.75, 3.05) is 27.0 Å². The number of hydrogen-bond acceptors (Lipinski definition) is 6. The second-order valence-electron chi connectivity index (χ2n) is 17.2. The maximum atomic E-state index is 17.4. The van der Waals surface area contributed by atoms with Crippen LogP contribution in [0, 0.1) is 34.9 Å². The summed E-state index contributed by atoms with van der Waals surface area (Å²) < 4.78 is 52.0. The molecule has 3 fully saturated rings. The summed E-state index contributed by atoms with van der Waals surface area (Å²) in [5, 5.41) is 6.92. The molecule has 3 atom stereocenters. The van der Waals surface area contributed by atoms with Gasteiger partial charge in [0.2, 0.25) is 0 Å². The van der Waals surface area contributed by atoms with Gasteiger partial charge in [-0.05, 0) is 85.7 Å². The standard InChI is InChI=1S/C42H52F2N4O4Si/c1-23(2)53(24(3)4,25(5)6)16-15-29-34(43)14-11-26-17-28(51-22-50-10)18-30(35(26)29)39-37(44)40-31(19-45-39)38(46-48(40)27-12-13-27)36-32-20-47(21-33(32)36)41(49)52-42(7,8)9/h11,14,17-19,23-25,27,32-33,36H,12-13,20-22H2,1-10H3/t32-,33+,36?. The zero-order valence-electron chi connectivity index (χ0n) is 32.6. The molecule has 11 heteroatoms. The molecule has 8 nitrogen and oxygen atoms in total. The van der Waals surface area contributed by atoms with E-state index in [0.29, 0.717) is 62.7 Å². The first-order chi connectivity index (χ1) is 25.1. The van der Waals surface area contributed by atoms with E-state index < -0.39 is 25.3 Å². The highest BCUT2D eigenvalue weighted by atomic mass is 28.3. The Balaban J connectivity index is 1.36. The Hall–Kier alpha value is -4.01. The number of benzene rings is 2. The van der Waals surface area contributed by atoms with E-state index in [1.54, 1.807) is 23.2 Å². The molecule has 1 saturated heterocycles. The van der Waals surface area contributed by atoms with Crippen LogP contribution in [-0.2, 0) is 9.47 Å². The first kappa shape index (κ1) is 37.3. The average Bonchev–Trinajstić information content (AvgIpc) is 3.96. The molecular weight excluding hydrogens is 691 g/mol. The molecule has 282 valence electrons. The number of fused-ring (bicyclic) bond motifs is 3. The van der Waals surface area contributed by atoms with Crippen LogP contribution in [0.25, 0.3) is 32.9 Å². The molecule has 2 aliphatic carbocycles. The van der Waals surface area contributed by atoms with Gasteiger partial charge in [0.05, 0.1) is 17.3 Å². The summed E-state index contributed by atoms with van der Waals surface area (Å²) in [6.07, 6.45) is 3.25. The van der Waals surface area contributed by atoms with Crippen molar-refractivity contribution in [3.63, 3.8) is 0 Å². The molecule has 1 amide bonds. The van der Waals surface area contributed by atoms with Gasteiger partial charge in [-0.2, -0.15) is 5.10 Å². The van der Waals surface area contributed by atoms with Gasteiger partial charge in [-0.25, -0.2) is 13.6 Å². The van der Waals surface area contributed by atoms with Crippen LogP contribution in [0.15, 0.2) is 30.5 Å². The van der Waals surface area contributed by atoms with Gasteiger partial charge in [0.25, 0.3) is 0 Å². The normalized spacial score (nSPS) is 20.1. The fourth-order valence-corrected chi connectivity index (χ4v) is 14.3.